The van der Waals surface area contributed by atoms with Crippen LogP contribution in [0.25, 0.3) is 0 Å². The summed E-state index contributed by atoms with van der Waals surface area (Å²) in [6.07, 6.45) is -9.37. The van der Waals surface area contributed by atoms with Gasteiger partial charge in [-0.1, -0.05) is 12.1 Å². The van der Waals surface area contributed by atoms with Gasteiger partial charge in [0.25, 0.3) is 15.9 Å². The van der Waals surface area contributed by atoms with Crippen molar-refractivity contribution in [3.05, 3.63) is 59.7 Å². The van der Waals surface area contributed by atoms with Crippen molar-refractivity contribution < 1.29 is 39.6 Å². The number of rotatable bonds is 5. The number of halogens is 6. The van der Waals surface area contributed by atoms with Crippen molar-refractivity contribution in [3.63, 3.8) is 0 Å². The zero-order chi connectivity index (χ0) is 21.2. The smallest absolute Gasteiger partial charge is 0.343 e. The van der Waals surface area contributed by atoms with Gasteiger partial charge in [-0.05, 0) is 36.4 Å². The molecule has 0 unspecified atom stereocenters. The molecule has 28 heavy (non-hydrogen) atoms. The molecule has 0 fully saturated rings. The van der Waals surface area contributed by atoms with Crippen LogP contribution in [-0.4, -0.2) is 27.0 Å². The van der Waals surface area contributed by atoms with Crippen molar-refractivity contribution >= 4 is 21.6 Å². The van der Waals surface area contributed by atoms with Crippen molar-refractivity contribution in [2.75, 3.05) is 11.3 Å². The average Bonchev–Trinajstić information content (AvgIpc) is 2.58. The number of benzene rings is 2. The van der Waals surface area contributed by atoms with Gasteiger partial charge in [0.2, 0.25) is 0 Å². The Morgan fingerprint density at radius 2 is 1.57 bits per heavy atom. The van der Waals surface area contributed by atoms with E-state index in [0.29, 0.717) is 12.1 Å². The van der Waals surface area contributed by atoms with Crippen LogP contribution < -0.4 is 10.0 Å². The van der Waals surface area contributed by atoms with Crippen LogP contribution in [0.5, 0.6) is 0 Å². The lowest BCUT2D eigenvalue weighted by Gasteiger charge is -2.12. The summed E-state index contributed by atoms with van der Waals surface area (Å²) in [6.45, 7) is -1.58. The highest BCUT2D eigenvalue weighted by Gasteiger charge is 2.32. The number of hydrogen-bond donors (Lipinski definition) is 2. The van der Waals surface area contributed by atoms with Crippen LogP contribution in [-0.2, 0) is 16.2 Å². The van der Waals surface area contributed by atoms with E-state index in [4.69, 9.17) is 0 Å². The predicted molar refractivity (Wildman–Crippen MR) is 87.1 cm³/mol. The van der Waals surface area contributed by atoms with E-state index in [1.54, 1.807) is 5.32 Å². The molecular weight excluding hydrogens is 414 g/mol. The fourth-order valence-corrected chi connectivity index (χ4v) is 3.16. The molecule has 0 bridgehead atoms. The number of sulfonamides is 1. The van der Waals surface area contributed by atoms with Gasteiger partial charge in [0.05, 0.1) is 10.5 Å². The van der Waals surface area contributed by atoms with Crippen LogP contribution in [0.15, 0.2) is 53.4 Å². The number of carbonyl (C=O) groups is 1. The molecule has 0 heterocycles. The summed E-state index contributed by atoms with van der Waals surface area (Å²) in [5, 5.41) is 1.62. The Kier molecular flexibility index (Phi) is 5.92. The second kappa shape index (κ2) is 7.70. The maximum atomic E-state index is 12.7. The maximum absolute atomic E-state index is 12.7. The van der Waals surface area contributed by atoms with Crippen LogP contribution in [0.3, 0.4) is 0 Å². The van der Waals surface area contributed by atoms with Gasteiger partial charge in [-0.2, -0.15) is 26.3 Å². The SMILES string of the molecule is O=C(NCC(F)(F)F)c1cccc(NS(=O)(=O)c2cccc(C(F)(F)F)c2)c1. The summed E-state index contributed by atoms with van der Waals surface area (Å²) in [5.74, 6) is -1.10. The first-order valence-electron chi connectivity index (χ1n) is 7.43. The topological polar surface area (TPSA) is 75.3 Å². The van der Waals surface area contributed by atoms with E-state index in [1.165, 1.54) is 12.1 Å². The molecule has 0 saturated carbocycles. The third-order valence-electron chi connectivity index (χ3n) is 3.30. The molecule has 1 amide bonds. The van der Waals surface area contributed by atoms with Gasteiger partial charge in [0.1, 0.15) is 6.54 Å². The molecule has 2 N–H and O–H groups in total. The van der Waals surface area contributed by atoms with Crippen molar-refractivity contribution in [3.8, 4) is 0 Å². The molecule has 0 atom stereocenters. The Bertz CT molecular complexity index is 971. The second-order valence-corrected chi connectivity index (χ2v) is 7.19. The Morgan fingerprint density at radius 3 is 2.18 bits per heavy atom. The van der Waals surface area contributed by atoms with Crippen molar-refractivity contribution in [1.82, 2.24) is 5.32 Å². The highest BCUT2D eigenvalue weighted by atomic mass is 32.2. The Hall–Kier alpha value is -2.76. The number of anilines is 1. The van der Waals surface area contributed by atoms with Crippen LogP contribution in [0.2, 0.25) is 0 Å². The lowest BCUT2D eigenvalue weighted by Crippen LogP contribution is -2.33. The van der Waals surface area contributed by atoms with Crippen molar-refractivity contribution in [1.29, 1.82) is 0 Å². The number of carbonyl (C=O) groups excluding carboxylic acids is 1. The van der Waals surface area contributed by atoms with Crippen LogP contribution in [0.4, 0.5) is 32.0 Å². The summed E-state index contributed by atoms with van der Waals surface area (Å²) < 4.78 is 101. The normalized spacial score (nSPS) is 12.5. The molecule has 2 rings (SSSR count). The molecule has 0 radical (unpaired) electrons. The van der Waals surface area contributed by atoms with E-state index < -0.39 is 45.3 Å². The number of amides is 1. The monoisotopic (exact) mass is 426 g/mol. The van der Waals surface area contributed by atoms with Gasteiger partial charge in [-0.25, -0.2) is 8.42 Å². The molecule has 0 aliphatic carbocycles. The van der Waals surface area contributed by atoms with Crippen LogP contribution in [0, 0.1) is 0 Å². The Morgan fingerprint density at radius 1 is 0.929 bits per heavy atom. The van der Waals surface area contributed by atoms with E-state index in [1.807, 2.05) is 4.72 Å². The van der Waals surface area contributed by atoms with Gasteiger partial charge in [0.15, 0.2) is 0 Å². The minimum atomic E-state index is -4.75. The quantitative estimate of drug-likeness (QED) is 0.715. The molecule has 2 aromatic rings. The summed E-state index contributed by atoms with van der Waals surface area (Å²) in [4.78, 5) is 11.0. The van der Waals surface area contributed by atoms with Gasteiger partial charge >= 0.3 is 12.4 Å². The molecule has 2 aromatic carbocycles. The molecule has 0 saturated heterocycles. The van der Waals surface area contributed by atoms with E-state index in [2.05, 4.69) is 0 Å². The predicted octanol–water partition coefficient (Wildman–Crippen LogP) is 3.80. The van der Waals surface area contributed by atoms with Crippen molar-refractivity contribution in [2.45, 2.75) is 17.2 Å². The zero-order valence-electron chi connectivity index (χ0n) is 13.7. The van der Waals surface area contributed by atoms with Crippen LogP contribution >= 0.6 is 0 Å². The van der Waals surface area contributed by atoms with Gasteiger partial charge in [-0.15, -0.1) is 0 Å². The third kappa shape index (κ3) is 5.87. The fraction of sp³-hybridized carbons (Fsp3) is 0.188. The highest BCUT2D eigenvalue weighted by Crippen LogP contribution is 2.31. The summed E-state index contributed by atoms with van der Waals surface area (Å²) >= 11 is 0. The molecule has 0 aliphatic heterocycles. The molecule has 5 nitrogen and oxygen atoms in total. The molecule has 0 aromatic heterocycles. The zero-order valence-corrected chi connectivity index (χ0v) is 14.5. The highest BCUT2D eigenvalue weighted by molar-refractivity contribution is 7.92. The largest absolute Gasteiger partial charge is 0.416 e. The summed E-state index contributed by atoms with van der Waals surface area (Å²) in [6, 6.07) is 7.48. The molecule has 152 valence electrons. The number of nitrogens with one attached hydrogen (secondary N) is 2. The summed E-state index contributed by atoms with van der Waals surface area (Å²) in [5.41, 5.74) is -1.65. The maximum Gasteiger partial charge on any atom is 0.416 e. The van der Waals surface area contributed by atoms with Gasteiger partial charge in [-0.3, -0.25) is 9.52 Å². The lowest BCUT2D eigenvalue weighted by atomic mass is 10.2. The van der Waals surface area contributed by atoms with Crippen LogP contribution in [0.1, 0.15) is 15.9 Å². The van der Waals surface area contributed by atoms with Crippen molar-refractivity contribution in [2.24, 2.45) is 0 Å². The first-order chi connectivity index (χ1) is 12.8. The molecule has 0 aliphatic rings. The van der Waals surface area contributed by atoms with E-state index in [-0.39, 0.29) is 11.3 Å². The van der Waals surface area contributed by atoms with Gasteiger partial charge < -0.3 is 5.32 Å². The summed E-state index contributed by atoms with van der Waals surface area (Å²) in [7, 11) is -4.44. The number of hydrogen-bond acceptors (Lipinski definition) is 3. The minimum absolute atomic E-state index is 0.211. The van der Waals surface area contributed by atoms with E-state index >= 15 is 0 Å². The Labute approximate surface area is 155 Å². The second-order valence-electron chi connectivity index (χ2n) is 5.51. The first kappa shape index (κ1) is 21.5. The minimum Gasteiger partial charge on any atom is -0.343 e. The number of alkyl halides is 6. The fourth-order valence-electron chi connectivity index (χ4n) is 2.06. The average molecular weight is 426 g/mol. The first-order valence-corrected chi connectivity index (χ1v) is 8.91. The molecule has 0 spiro atoms. The standard InChI is InChI=1S/C16H12F6N2O3S/c17-15(18,19)9-23-14(25)10-3-1-5-12(7-10)24-28(26,27)13-6-2-4-11(8-13)16(20,21)22/h1-8,24H,9H2,(H,23,25). The third-order valence-corrected chi connectivity index (χ3v) is 4.68. The molecular formula is C16H12F6N2O3S. The molecule has 12 heteroatoms. The lowest BCUT2D eigenvalue weighted by molar-refractivity contribution is -0.137. The van der Waals surface area contributed by atoms with Gasteiger partial charge in [0, 0.05) is 11.3 Å². The van der Waals surface area contributed by atoms with E-state index in [9.17, 15) is 39.6 Å². The van der Waals surface area contributed by atoms with E-state index in [0.717, 1.165) is 24.3 Å². The Balaban J connectivity index is 2.22.